The normalized spacial score (nSPS) is 13.2. The summed E-state index contributed by atoms with van der Waals surface area (Å²) < 4.78 is 47.3. The van der Waals surface area contributed by atoms with E-state index in [1.807, 2.05) is 0 Å². The molecule has 1 atom stereocenters. The van der Waals surface area contributed by atoms with Crippen molar-refractivity contribution in [3.05, 3.63) is 48.0 Å². The van der Waals surface area contributed by atoms with Gasteiger partial charge in [0.15, 0.2) is 0 Å². The summed E-state index contributed by atoms with van der Waals surface area (Å²) in [5, 5.41) is 3.69. The molecule has 24 heavy (non-hydrogen) atoms. The summed E-state index contributed by atoms with van der Waals surface area (Å²) in [4.78, 5) is 16.2. The Hall–Kier alpha value is -2.84. The van der Waals surface area contributed by atoms with Crippen LogP contribution in [-0.4, -0.2) is 31.5 Å². The number of carbonyl (C=O) groups is 1. The number of aryl methyl sites for hydroxylation is 2. The van der Waals surface area contributed by atoms with E-state index in [1.54, 1.807) is 24.0 Å². The summed E-state index contributed by atoms with van der Waals surface area (Å²) in [7, 11) is 3.25. The van der Waals surface area contributed by atoms with Crippen molar-refractivity contribution in [1.82, 2.24) is 19.3 Å². The Balaban J connectivity index is 1.89. The van der Waals surface area contributed by atoms with Crippen molar-refractivity contribution in [3.63, 3.8) is 0 Å². The van der Waals surface area contributed by atoms with Crippen LogP contribution in [0.4, 0.5) is 13.2 Å². The lowest BCUT2D eigenvalue weighted by molar-refractivity contribution is -0.207. The molecule has 3 rings (SSSR count). The maximum Gasteiger partial charge on any atom is 0.429 e. The van der Waals surface area contributed by atoms with E-state index in [2.05, 4.69) is 10.1 Å². The number of benzene rings is 1. The van der Waals surface area contributed by atoms with Crippen LogP contribution in [0.2, 0.25) is 0 Å². The molecule has 6 nitrogen and oxygen atoms in total. The van der Waals surface area contributed by atoms with Gasteiger partial charge in [0, 0.05) is 25.9 Å². The van der Waals surface area contributed by atoms with E-state index in [0.717, 1.165) is 17.9 Å². The fourth-order valence-electron chi connectivity index (χ4n) is 2.34. The molecule has 0 bridgehead atoms. The maximum absolute atomic E-state index is 13.2. The number of hydrogen-bond donors (Lipinski definition) is 0. The molecule has 0 amide bonds. The average molecular weight is 338 g/mol. The second-order valence-electron chi connectivity index (χ2n) is 5.33. The van der Waals surface area contributed by atoms with Gasteiger partial charge in [-0.15, -0.1) is 0 Å². The van der Waals surface area contributed by atoms with E-state index in [0.29, 0.717) is 5.52 Å². The van der Waals surface area contributed by atoms with Crippen LogP contribution < -0.4 is 0 Å². The average Bonchev–Trinajstić information content (AvgIpc) is 3.09. The predicted octanol–water partition coefficient (Wildman–Crippen LogP) is 2.77. The predicted molar refractivity (Wildman–Crippen MR) is 78.1 cm³/mol. The molecule has 0 N–H and O–H groups in total. The van der Waals surface area contributed by atoms with Crippen LogP contribution in [0, 0.1) is 0 Å². The van der Waals surface area contributed by atoms with Crippen molar-refractivity contribution in [1.29, 1.82) is 0 Å². The van der Waals surface area contributed by atoms with Crippen molar-refractivity contribution in [2.45, 2.75) is 12.3 Å². The van der Waals surface area contributed by atoms with Gasteiger partial charge in [0.25, 0.3) is 0 Å². The van der Waals surface area contributed by atoms with E-state index < -0.39 is 18.2 Å². The summed E-state index contributed by atoms with van der Waals surface area (Å²) in [6.07, 6.45) is -3.39. The van der Waals surface area contributed by atoms with Gasteiger partial charge in [-0.3, -0.25) is 4.68 Å². The van der Waals surface area contributed by atoms with Gasteiger partial charge in [0.2, 0.25) is 6.10 Å². The molecule has 0 saturated heterocycles. The second-order valence-corrected chi connectivity index (χ2v) is 5.33. The zero-order valence-electron chi connectivity index (χ0n) is 12.8. The largest absolute Gasteiger partial charge is 0.444 e. The van der Waals surface area contributed by atoms with Crippen LogP contribution in [0.5, 0.6) is 0 Å². The fourth-order valence-corrected chi connectivity index (χ4v) is 2.34. The van der Waals surface area contributed by atoms with Gasteiger partial charge in [-0.25, -0.2) is 9.78 Å². The standard InChI is InChI=1S/C15H13F3N4O2/c1-21-8-19-11-5-9(3-4-12(11)21)14(23)24-13(15(16,17)18)10-6-20-22(2)7-10/h3-8,13H,1-2H3. The summed E-state index contributed by atoms with van der Waals surface area (Å²) in [5.41, 5.74) is 1.01. The monoisotopic (exact) mass is 338 g/mol. The van der Waals surface area contributed by atoms with Gasteiger partial charge in [0.1, 0.15) is 0 Å². The lowest BCUT2D eigenvalue weighted by Gasteiger charge is -2.19. The third-order valence-corrected chi connectivity index (χ3v) is 3.51. The first-order valence-corrected chi connectivity index (χ1v) is 6.93. The molecule has 3 aromatic rings. The molecule has 0 aliphatic carbocycles. The van der Waals surface area contributed by atoms with Crippen LogP contribution in [0.1, 0.15) is 22.0 Å². The minimum absolute atomic E-state index is 0.000611. The minimum atomic E-state index is -4.74. The SMILES string of the molecule is Cn1cc(C(OC(=O)c2ccc3c(c2)ncn3C)C(F)(F)F)cn1. The zero-order valence-corrected chi connectivity index (χ0v) is 12.8. The highest BCUT2D eigenvalue weighted by atomic mass is 19.4. The topological polar surface area (TPSA) is 61.9 Å². The number of esters is 1. The number of carbonyl (C=O) groups excluding carboxylic acids is 1. The molecule has 0 aliphatic heterocycles. The maximum atomic E-state index is 13.2. The minimum Gasteiger partial charge on any atom is -0.444 e. The van der Waals surface area contributed by atoms with Gasteiger partial charge < -0.3 is 9.30 Å². The summed E-state index contributed by atoms with van der Waals surface area (Å²) in [6.45, 7) is 0. The van der Waals surface area contributed by atoms with Crippen molar-refractivity contribution < 1.29 is 22.7 Å². The molecule has 0 radical (unpaired) electrons. The quantitative estimate of drug-likeness (QED) is 0.689. The number of halogens is 3. The summed E-state index contributed by atoms with van der Waals surface area (Å²) in [6, 6.07) is 4.41. The molecule has 2 aromatic heterocycles. The molecule has 2 heterocycles. The summed E-state index contributed by atoms with van der Waals surface area (Å²) >= 11 is 0. The summed E-state index contributed by atoms with van der Waals surface area (Å²) in [5.74, 6) is -1.08. The molecule has 126 valence electrons. The second kappa shape index (κ2) is 5.66. The fraction of sp³-hybridized carbons (Fsp3) is 0.267. The first kappa shape index (κ1) is 16.0. The zero-order chi connectivity index (χ0) is 17.5. The molecule has 0 aliphatic rings. The molecule has 0 spiro atoms. The van der Waals surface area contributed by atoms with Crippen LogP contribution in [-0.2, 0) is 18.8 Å². The van der Waals surface area contributed by atoms with Gasteiger partial charge >= 0.3 is 12.1 Å². The van der Waals surface area contributed by atoms with E-state index in [4.69, 9.17) is 4.74 Å². The van der Waals surface area contributed by atoms with Crippen LogP contribution in [0.15, 0.2) is 36.9 Å². The Morgan fingerprint density at radius 3 is 2.67 bits per heavy atom. The molecular weight excluding hydrogens is 325 g/mol. The molecule has 0 saturated carbocycles. The van der Waals surface area contributed by atoms with Gasteiger partial charge in [-0.1, -0.05) is 0 Å². The van der Waals surface area contributed by atoms with E-state index in [1.165, 1.54) is 23.9 Å². The third kappa shape index (κ3) is 2.97. The number of fused-ring (bicyclic) bond motifs is 1. The Morgan fingerprint density at radius 2 is 2.04 bits per heavy atom. The number of imidazole rings is 1. The lowest BCUT2D eigenvalue weighted by Crippen LogP contribution is -2.26. The third-order valence-electron chi connectivity index (χ3n) is 3.51. The number of ether oxygens (including phenoxy) is 1. The Morgan fingerprint density at radius 1 is 1.29 bits per heavy atom. The van der Waals surface area contributed by atoms with Crippen LogP contribution in [0.25, 0.3) is 11.0 Å². The van der Waals surface area contributed by atoms with Crippen LogP contribution in [0.3, 0.4) is 0 Å². The molecule has 0 fully saturated rings. The van der Waals surface area contributed by atoms with Gasteiger partial charge in [-0.05, 0) is 18.2 Å². The van der Waals surface area contributed by atoms with E-state index in [-0.39, 0.29) is 11.1 Å². The highest BCUT2D eigenvalue weighted by Gasteiger charge is 2.45. The number of nitrogens with zero attached hydrogens (tertiary/aromatic N) is 4. The highest BCUT2D eigenvalue weighted by Crippen LogP contribution is 2.36. The number of rotatable bonds is 3. The highest BCUT2D eigenvalue weighted by molar-refractivity contribution is 5.93. The Bertz CT molecular complexity index is 898. The van der Waals surface area contributed by atoms with E-state index >= 15 is 0 Å². The first-order valence-electron chi connectivity index (χ1n) is 6.93. The number of alkyl halides is 3. The molecule has 1 aromatic carbocycles. The van der Waals surface area contributed by atoms with Gasteiger partial charge in [-0.2, -0.15) is 18.3 Å². The Kier molecular flexibility index (Phi) is 3.78. The Labute approximate surface area is 134 Å². The van der Waals surface area contributed by atoms with Crippen LogP contribution >= 0.6 is 0 Å². The molecule has 9 heteroatoms. The van der Waals surface area contributed by atoms with Crippen molar-refractivity contribution in [2.75, 3.05) is 0 Å². The van der Waals surface area contributed by atoms with E-state index in [9.17, 15) is 18.0 Å². The van der Waals surface area contributed by atoms with Gasteiger partial charge in [0.05, 0.1) is 29.1 Å². The van der Waals surface area contributed by atoms with Crippen molar-refractivity contribution >= 4 is 17.0 Å². The van der Waals surface area contributed by atoms with Crippen molar-refractivity contribution in [3.8, 4) is 0 Å². The van der Waals surface area contributed by atoms with Crippen molar-refractivity contribution in [2.24, 2.45) is 14.1 Å². The molecule has 1 unspecified atom stereocenters. The number of hydrogen-bond acceptors (Lipinski definition) is 4. The first-order chi connectivity index (χ1) is 11.3. The smallest absolute Gasteiger partial charge is 0.429 e. The number of aromatic nitrogens is 4. The molecular formula is C15H13F3N4O2. The lowest BCUT2D eigenvalue weighted by atomic mass is 10.1.